The van der Waals surface area contributed by atoms with Gasteiger partial charge < -0.3 is 14.8 Å². The molecule has 0 fully saturated rings. The zero-order valence-electron chi connectivity index (χ0n) is 12.1. The number of amides is 1. The first kappa shape index (κ1) is 16.9. The van der Waals surface area contributed by atoms with Gasteiger partial charge in [0.25, 0.3) is 0 Å². The summed E-state index contributed by atoms with van der Waals surface area (Å²) >= 11 is 0. The summed E-state index contributed by atoms with van der Waals surface area (Å²) in [6.07, 6.45) is 0. The highest BCUT2D eigenvalue weighted by molar-refractivity contribution is 7.85. The molecular formula is C15H14FNO5S. The molecule has 1 aromatic carbocycles. The number of carbonyl (C=O) groups excluding carboxylic acids is 1. The molecule has 0 saturated carbocycles. The Morgan fingerprint density at radius 3 is 2.48 bits per heavy atom. The maximum absolute atomic E-state index is 12.8. The fraction of sp³-hybridized carbons (Fsp3) is 0.200. The number of rotatable bonds is 6. The molecule has 0 aliphatic heterocycles. The second-order valence-corrected chi connectivity index (χ2v) is 6.49. The molecule has 2 N–H and O–H groups in total. The summed E-state index contributed by atoms with van der Waals surface area (Å²) < 4.78 is 30.0. The lowest BCUT2D eigenvalue weighted by atomic mass is 10.3. The van der Waals surface area contributed by atoms with Crippen LogP contribution in [0.1, 0.15) is 23.2 Å². The van der Waals surface area contributed by atoms with Crippen LogP contribution in [0.4, 0.5) is 10.1 Å². The number of hydrogen-bond donors (Lipinski definition) is 2. The van der Waals surface area contributed by atoms with Crippen LogP contribution in [0.15, 0.2) is 40.8 Å². The summed E-state index contributed by atoms with van der Waals surface area (Å²) in [4.78, 5) is 22.7. The van der Waals surface area contributed by atoms with Crippen LogP contribution in [0.5, 0.6) is 0 Å². The van der Waals surface area contributed by atoms with Crippen LogP contribution in [-0.4, -0.2) is 26.4 Å². The van der Waals surface area contributed by atoms with Gasteiger partial charge in [-0.1, -0.05) is 0 Å². The summed E-state index contributed by atoms with van der Waals surface area (Å²) in [5.74, 6) is -2.23. The molecule has 1 amide bonds. The van der Waals surface area contributed by atoms with Crippen molar-refractivity contribution in [3.63, 3.8) is 0 Å². The second-order valence-electron chi connectivity index (χ2n) is 4.73. The van der Waals surface area contributed by atoms with E-state index in [9.17, 15) is 18.2 Å². The van der Waals surface area contributed by atoms with Gasteiger partial charge >= 0.3 is 5.97 Å². The van der Waals surface area contributed by atoms with Gasteiger partial charge in [-0.2, -0.15) is 0 Å². The number of furan rings is 1. The molecule has 0 aliphatic rings. The van der Waals surface area contributed by atoms with Crippen molar-refractivity contribution < 1.29 is 27.7 Å². The molecule has 2 aromatic rings. The van der Waals surface area contributed by atoms with Gasteiger partial charge in [0.2, 0.25) is 11.7 Å². The van der Waals surface area contributed by atoms with Crippen molar-refractivity contribution in [1.82, 2.24) is 0 Å². The molecule has 8 heteroatoms. The number of anilines is 1. The molecule has 0 bridgehead atoms. The Kier molecular flexibility index (Phi) is 5.28. The zero-order chi connectivity index (χ0) is 17.0. The third-order valence-electron chi connectivity index (χ3n) is 3.03. The average molecular weight is 339 g/mol. The van der Waals surface area contributed by atoms with Gasteiger partial charge in [-0.25, -0.2) is 9.18 Å². The van der Waals surface area contributed by atoms with Crippen molar-refractivity contribution in [2.24, 2.45) is 0 Å². The number of carbonyl (C=O) groups is 2. The second kappa shape index (κ2) is 7.19. The molecule has 2 unspecified atom stereocenters. The SMILES string of the molecule is CC(C(=O)Nc1ccc(F)cc1)S(=O)Cc1ccc(C(=O)O)o1. The fourth-order valence-corrected chi connectivity index (χ4v) is 2.72. The normalized spacial score (nSPS) is 13.3. The Bertz CT molecular complexity index is 741. The van der Waals surface area contributed by atoms with E-state index in [1.807, 2.05) is 0 Å². The zero-order valence-corrected chi connectivity index (χ0v) is 12.9. The Labute approximate surface area is 133 Å². The molecule has 2 atom stereocenters. The van der Waals surface area contributed by atoms with Crippen LogP contribution < -0.4 is 5.32 Å². The van der Waals surface area contributed by atoms with Gasteiger partial charge in [0.1, 0.15) is 16.8 Å². The summed E-state index contributed by atoms with van der Waals surface area (Å²) in [5.41, 5.74) is 0.395. The van der Waals surface area contributed by atoms with E-state index >= 15 is 0 Å². The molecule has 122 valence electrons. The summed E-state index contributed by atoms with van der Waals surface area (Å²) in [6.45, 7) is 1.48. The third-order valence-corrected chi connectivity index (χ3v) is 4.60. The molecule has 2 rings (SSSR count). The van der Waals surface area contributed by atoms with Gasteiger partial charge in [0, 0.05) is 16.5 Å². The largest absolute Gasteiger partial charge is 0.475 e. The Hall–Kier alpha value is -2.48. The predicted octanol–water partition coefficient (Wildman–Crippen LogP) is 2.39. The molecule has 0 radical (unpaired) electrons. The van der Waals surface area contributed by atoms with E-state index in [-0.39, 0.29) is 17.3 Å². The molecule has 0 saturated heterocycles. The number of benzene rings is 1. The van der Waals surface area contributed by atoms with Crippen LogP contribution >= 0.6 is 0 Å². The molecule has 23 heavy (non-hydrogen) atoms. The quantitative estimate of drug-likeness (QED) is 0.842. The van der Waals surface area contributed by atoms with Crippen LogP contribution in [0.2, 0.25) is 0 Å². The predicted molar refractivity (Wildman–Crippen MR) is 82.0 cm³/mol. The number of hydrogen-bond acceptors (Lipinski definition) is 4. The summed E-state index contributed by atoms with van der Waals surface area (Å²) in [7, 11) is -1.60. The van der Waals surface area contributed by atoms with Crippen LogP contribution in [0, 0.1) is 5.82 Å². The minimum absolute atomic E-state index is 0.0781. The topological polar surface area (TPSA) is 96.6 Å². The Morgan fingerprint density at radius 2 is 1.91 bits per heavy atom. The lowest BCUT2D eigenvalue weighted by Crippen LogP contribution is -2.29. The number of aromatic carboxylic acids is 1. The van der Waals surface area contributed by atoms with Gasteiger partial charge in [0.05, 0.1) is 5.75 Å². The minimum atomic E-state index is -1.60. The standard InChI is InChI=1S/C15H14FNO5S/c1-9(14(18)17-11-4-2-10(16)3-5-11)23(21)8-12-6-7-13(22-12)15(19)20/h2-7,9H,8H2,1H3,(H,17,18)(H,19,20). The first-order valence-electron chi connectivity index (χ1n) is 6.62. The van der Waals surface area contributed by atoms with Crippen LogP contribution in [0.3, 0.4) is 0 Å². The van der Waals surface area contributed by atoms with E-state index in [1.54, 1.807) is 0 Å². The van der Waals surface area contributed by atoms with Crippen LogP contribution in [0.25, 0.3) is 0 Å². The third kappa shape index (κ3) is 4.49. The smallest absolute Gasteiger partial charge is 0.371 e. The fourth-order valence-electron chi connectivity index (χ4n) is 1.73. The van der Waals surface area contributed by atoms with Crippen molar-refractivity contribution in [1.29, 1.82) is 0 Å². The maximum Gasteiger partial charge on any atom is 0.371 e. The Morgan fingerprint density at radius 1 is 1.26 bits per heavy atom. The van der Waals surface area contributed by atoms with Gasteiger partial charge in [0.15, 0.2) is 0 Å². The van der Waals surface area contributed by atoms with Crippen molar-refractivity contribution in [3.05, 3.63) is 53.7 Å². The average Bonchev–Trinajstić information content (AvgIpc) is 2.97. The van der Waals surface area contributed by atoms with Crippen molar-refractivity contribution in [2.45, 2.75) is 17.9 Å². The highest BCUT2D eigenvalue weighted by Gasteiger charge is 2.22. The highest BCUT2D eigenvalue weighted by atomic mass is 32.2. The summed E-state index contributed by atoms with van der Waals surface area (Å²) in [6, 6.07) is 7.87. The van der Waals surface area contributed by atoms with E-state index < -0.39 is 33.7 Å². The molecule has 1 heterocycles. The molecule has 1 aromatic heterocycles. The lowest BCUT2D eigenvalue weighted by molar-refractivity contribution is -0.115. The van der Waals surface area contributed by atoms with E-state index in [1.165, 1.54) is 43.3 Å². The maximum atomic E-state index is 12.8. The monoisotopic (exact) mass is 339 g/mol. The lowest BCUT2D eigenvalue weighted by Gasteiger charge is -2.11. The van der Waals surface area contributed by atoms with Gasteiger partial charge in [-0.3, -0.25) is 9.00 Å². The van der Waals surface area contributed by atoms with E-state index in [4.69, 9.17) is 9.52 Å². The molecule has 6 nitrogen and oxygen atoms in total. The number of carboxylic acids is 1. The van der Waals surface area contributed by atoms with E-state index in [2.05, 4.69) is 5.32 Å². The number of nitrogens with one attached hydrogen (secondary N) is 1. The first-order valence-corrected chi connectivity index (χ1v) is 8.00. The first-order chi connectivity index (χ1) is 10.9. The van der Waals surface area contributed by atoms with E-state index in [0.717, 1.165) is 0 Å². The van der Waals surface area contributed by atoms with Crippen LogP contribution in [-0.2, 0) is 21.3 Å². The number of halogens is 1. The number of carboxylic acid groups (broad SMARTS) is 1. The highest BCUT2D eigenvalue weighted by Crippen LogP contribution is 2.14. The molecule has 0 spiro atoms. The Balaban J connectivity index is 1.96. The van der Waals surface area contributed by atoms with Gasteiger partial charge in [-0.05, 0) is 43.3 Å². The van der Waals surface area contributed by atoms with Gasteiger partial charge in [-0.15, -0.1) is 0 Å². The summed E-state index contributed by atoms with van der Waals surface area (Å²) in [5, 5.41) is 10.4. The van der Waals surface area contributed by atoms with Crippen molar-refractivity contribution in [2.75, 3.05) is 5.32 Å². The molecular weight excluding hydrogens is 325 g/mol. The van der Waals surface area contributed by atoms with Crippen molar-refractivity contribution >= 4 is 28.4 Å². The minimum Gasteiger partial charge on any atom is -0.475 e. The van der Waals surface area contributed by atoms with E-state index in [0.29, 0.717) is 5.69 Å². The molecule has 0 aliphatic carbocycles. The van der Waals surface area contributed by atoms with Crippen molar-refractivity contribution in [3.8, 4) is 0 Å².